The molecular weight excluding hydrogens is 276 g/mol. The van der Waals surface area contributed by atoms with Gasteiger partial charge >= 0.3 is 0 Å². The predicted molar refractivity (Wildman–Crippen MR) is 85.4 cm³/mol. The van der Waals surface area contributed by atoms with Gasteiger partial charge in [-0.3, -0.25) is 4.90 Å². The van der Waals surface area contributed by atoms with Crippen LogP contribution in [0.2, 0.25) is 0 Å². The van der Waals surface area contributed by atoms with Gasteiger partial charge in [-0.25, -0.2) is 0 Å². The summed E-state index contributed by atoms with van der Waals surface area (Å²) in [6.07, 6.45) is 0. The third kappa shape index (κ3) is 4.88. The molecule has 0 radical (unpaired) electrons. The zero-order valence-electron chi connectivity index (χ0n) is 12.7. The molecule has 1 N–H and O–H groups in total. The molecule has 0 saturated carbocycles. The average Bonchev–Trinajstić information content (AvgIpc) is 2.54. The minimum atomic E-state index is 0.155. The Bertz CT molecular complexity index is 650. The van der Waals surface area contributed by atoms with Crippen LogP contribution in [0.1, 0.15) is 16.7 Å². The fourth-order valence-electron chi connectivity index (χ4n) is 2.19. The molecule has 4 nitrogen and oxygen atoms in total. The van der Waals surface area contributed by atoms with E-state index in [-0.39, 0.29) is 6.61 Å². The van der Waals surface area contributed by atoms with Crippen molar-refractivity contribution in [2.75, 3.05) is 20.2 Å². The Hall–Kier alpha value is -2.35. The molecule has 0 atom stereocenters. The van der Waals surface area contributed by atoms with Crippen molar-refractivity contribution in [3.63, 3.8) is 0 Å². The molecule has 0 aliphatic rings. The van der Waals surface area contributed by atoms with Crippen molar-refractivity contribution in [2.45, 2.75) is 13.2 Å². The predicted octanol–water partition coefficient (Wildman–Crippen LogP) is 2.56. The highest BCUT2D eigenvalue weighted by Gasteiger charge is 2.02. The monoisotopic (exact) mass is 296 g/mol. The summed E-state index contributed by atoms with van der Waals surface area (Å²) in [5.74, 6) is 0.803. The Morgan fingerprint density at radius 2 is 1.91 bits per heavy atom. The van der Waals surface area contributed by atoms with Gasteiger partial charge in [0.05, 0.1) is 18.2 Å². The zero-order valence-corrected chi connectivity index (χ0v) is 12.7. The van der Waals surface area contributed by atoms with Gasteiger partial charge in [-0.1, -0.05) is 24.3 Å². The molecule has 0 aliphatic heterocycles. The third-order valence-electron chi connectivity index (χ3n) is 3.29. The standard InChI is InChI=1S/C18H20N2O2/c1-20(8-9-21)13-16-5-3-7-18(11-16)22-14-17-6-2-4-15(10-17)12-19/h2-7,10-11,21H,8-9,13-14H2,1H3. The topological polar surface area (TPSA) is 56.5 Å². The Morgan fingerprint density at radius 1 is 1.14 bits per heavy atom. The van der Waals surface area contributed by atoms with Gasteiger partial charge in [-0.15, -0.1) is 0 Å². The zero-order chi connectivity index (χ0) is 15.8. The highest BCUT2D eigenvalue weighted by Crippen LogP contribution is 2.16. The Labute approximate surface area is 131 Å². The molecule has 0 bridgehead atoms. The van der Waals surface area contributed by atoms with Crippen molar-refractivity contribution in [3.05, 3.63) is 65.2 Å². The number of aliphatic hydroxyl groups excluding tert-OH is 1. The van der Waals surface area contributed by atoms with Gasteiger partial charge in [0, 0.05) is 13.1 Å². The molecule has 0 aliphatic carbocycles. The van der Waals surface area contributed by atoms with Gasteiger partial charge in [-0.2, -0.15) is 5.26 Å². The maximum atomic E-state index is 8.93. The number of nitriles is 1. The molecule has 2 rings (SSSR count). The summed E-state index contributed by atoms with van der Waals surface area (Å²) >= 11 is 0. The van der Waals surface area contributed by atoms with Crippen LogP contribution in [0, 0.1) is 11.3 Å². The van der Waals surface area contributed by atoms with Crippen LogP contribution < -0.4 is 4.74 Å². The maximum absolute atomic E-state index is 8.93. The Morgan fingerprint density at radius 3 is 2.68 bits per heavy atom. The lowest BCUT2D eigenvalue weighted by Gasteiger charge is -2.15. The number of benzene rings is 2. The first-order valence-corrected chi connectivity index (χ1v) is 7.21. The van der Waals surface area contributed by atoms with E-state index in [4.69, 9.17) is 15.1 Å². The second kappa shape index (κ2) is 8.18. The summed E-state index contributed by atoms with van der Waals surface area (Å²) in [5.41, 5.74) is 2.75. The van der Waals surface area contributed by atoms with Crippen LogP contribution in [0.15, 0.2) is 48.5 Å². The van der Waals surface area contributed by atoms with Crippen LogP contribution in [-0.2, 0) is 13.2 Å². The molecule has 114 valence electrons. The lowest BCUT2D eigenvalue weighted by molar-refractivity contribution is 0.217. The van der Waals surface area contributed by atoms with Crippen LogP contribution in [0.3, 0.4) is 0 Å². The number of ether oxygens (including phenoxy) is 1. The van der Waals surface area contributed by atoms with Crippen molar-refractivity contribution in [2.24, 2.45) is 0 Å². The summed E-state index contributed by atoms with van der Waals surface area (Å²) in [6, 6.07) is 17.5. The van der Waals surface area contributed by atoms with E-state index >= 15 is 0 Å². The van der Waals surface area contributed by atoms with E-state index in [1.54, 1.807) is 6.07 Å². The molecule has 4 heteroatoms. The van der Waals surface area contributed by atoms with E-state index in [1.165, 1.54) is 0 Å². The maximum Gasteiger partial charge on any atom is 0.120 e. The van der Waals surface area contributed by atoms with Crippen LogP contribution in [-0.4, -0.2) is 30.2 Å². The van der Waals surface area contributed by atoms with E-state index in [9.17, 15) is 0 Å². The van der Waals surface area contributed by atoms with Crippen molar-refractivity contribution in [1.29, 1.82) is 5.26 Å². The van der Waals surface area contributed by atoms with E-state index in [1.807, 2.05) is 49.5 Å². The smallest absolute Gasteiger partial charge is 0.120 e. The highest BCUT2D eigenvalue weighted by molar-refractivity contribution is 5.33. The van der Waals surface area contributed by atoms with Crippen molar-refractivity contribution in [3.8, 4) is 11.8 Å². The summed E-state index contributed by atoms with van der Waals surface area (Å²) in [7, 11) is 1.97. The van der Waals surface area contributed by atoms with Crippen molar-refractivity contribution < 1.29 is 9.84 Å². The SMILES string of the molecule is CN(CCO)Cc1cccc(OCc2cccc(C#N)c2)c1. The quantitative estimate of drug-likeness (QED) is 0.853. The van der Waals surface area contributed by atoms with E-state index in [0.717, 1.165) is 23.4 Å². The number of likely N-dealkylation sites (N-methyl/N-ethyl adjacent to an activating group) is 1. The minimum Gasteiger partial charge on any atom is -0.489 e. The number of nitrogens with zero attached hydrogens (tertiary/aromatic N) is 2. The summed E-state index contributed by atoms with van der Waals surface area (Å²) in [5, 5.41) is 17.8. The molecule has 0 heterocycles. The minimum absolute atomic E-state index is 0.155. The fraction of sp³-hybridized carbons (Fsp3) is 0.278. The van der Waals surface area contributed by atoms with Crippen LogP contribution in [0.25, 0.3) is 0 Å². The van der Waals surface area contributed by atoms with Crippen LogP contribution >= 0.6 is 0 Å². The third-order valence-corrected chi connectivity index (χ3v) is 3.29. The molecule has 0 unspecified atom stereocenters. The summed E-state index contributed by atoms with van der Waals surface area (Å²) < 4.78 is 5.80. The molecule has 0 amide bonds. The molecule has 2 aromatic carbocycles. The number of hydrogen-bond acceptors (Lipinski definition) is 4. The highest BCUT2D eigenvalue weighted by atomic mass is 16.5. The summed E-state index contributed by atoms with van der Waals surface area (Å²) in [4.78, 5) is 2.05. The molecule has 0 fully saturated rings. The van der Waals surface area contributed by atoms with Crippen LogP contribution in [0.5, 0.6) is 5.75 Å². The molecule has 2 aromatic rings. The number of rotatable bonds is 7. The van der Waals surface area contributed by atoms with Gasteiger partial charge in [0.2, 0.25) is 0 Å². The fourth-order valence-corrected chi connectivity index (χ4v) is 2.19. The normalized spacial score (nSPS) is 10.5. The lowest BCUT2D eigenvalue weighted by Crippen LogP contribution is -2.21. The van der Waals surface area contributed by atoms with Gasteiger partial charge in [0.15, 0.2) is 0 Å². The molecule has 0 aromatic heterocycles. The van der Waals surface area contributed by atoms with Gasteiger partial charge < -0.3 is 9.84 Å². The summed E-state index contributed by atoms with van der Waals surface area (Å²) in [6.45, 7) is 2.00. The van der Waals surface area contributed by atoms with Crippen molar-refractivity contribution >= 4 is 0 Å². The average molecular weight is 296 g/mol. The van der Waals surface area contributed by atoms with Gasteiger partial charge in [0.25, 0.3) is 0 Å². The van der Waals surface area contributed by atoms with E-state index < -0.39 is 0 Å². The number of hydrogen-bond donors (Lipinski definition) is 1. The van der Waals surface area contributed by atoms with Crippen molar-refractivity contribution in [1.82, 2.24) is 4.90 Å². The Kier molecular flexibility index (Phi) is 5.96. The van der Waals surface area contributed by atoms with E-state index in [0.29, 0.717) is 18.7 Å². The molecule has 0 saturated heterocycles. The van der Waals surface area contributed by atoms with E-state index in [2.05, 4.69) is 11.0 Å². The first kappa shape index (κ1) is 16.0. The molecule has 0 spiro atoms. The van der Waals surface area contributed by atoms with Gasteiger partial charge in [0.1, 0.15) is 12.4 Å². The molecule has 22 heavy (non-hydrogen) atoms. The second-order valence-electron chi connectivity index (χ2n) is 5.21. The largest absolute Gasteiger partial charge is 0.489 e. The first-order valence-electron chi connectivity index (χ1n) is 7.21. The molecular formula is C18H20N2O2. The Balaban J connectivity index is 1.96. The van der Waals surface area contributed by atoms with Crippen LogP contribution in [0.4, 0.5) is 0 Å². The first-order chi connectivity index (χ1) is 10.7. The number of aliphatic hydroxyl groups is 1. The lowest BCUT2D eigenvalue weighted by atomic mass is 10.1. The second-order valence-corrected chi connectivity index (χ2v) is 5.21. The van der Waals surface area contributed by atoms with Gasteiger partial charge in [-0.05, 0) is 42.4 Å².